The van der Waals surface area contributed by atoms with Gasteiger partial charge in [0, 0.05) is 24.3 Å². The summed E-state index contributed by atoms with van der Waals surface area (Å²) in [4.78, 5) is 2.43. The van der Waals surface area contributed by atoms with E-state index in [4.69, 9.17) is 10.9 Å². The summed E-state index contributed by atoms with van der Waals surface area (Å²) in [5, 5.41) is 11.7. The van der Waals surface area contributed by atoms with Crippen molar-refractivity contribution in [2.75, 3.05) is 18.0 Å². The molecule has 3 N–H and O–H groups in total. The predicted molar refractivity (Wildman–Crippen MR) is 78.8 cm³/mol. The quantitative estimate of drug-likeness (QED) is 0.379. The van der Waals surface area contributed by atoms with Crippen LogP contribution in [0.5, 0.6) is 0 Å². The average molecular weight is 261 g/mol. The maximum absolute atomic E-state index is 8.65. The second kappa shape index (κ2) is 5.51. The van der Waals surface area contributed by atoms with E-state index in [-0.39, 0.29) is 5.84 Å². The molecule has 1 aromatic carbocycles. The Labute approximate surface area is 114 Å². The zero-order valence-electron chi connectivity index (χ0n) is 11.8. The Kier molecular flexibility index (Phi) is 3.98. The van der Waals surface area contributed by atoms with E-state index in [0.717, 1.165) is 18.7 Å². The molecule has 4 nitrogen and oxygen atoms in total. The van der Waals surface area contributed by atoms with Crippen molar-refractivity contribution in [3.05, 3.63) is 29.8 Å². The molecule has 0 aliphatic carbocycles. The van der Waals surface area contributed by atoms with Crippen molar-refractivity contribution < 1.29 is 5.21 Å². The number of hydrogen-bond donors (Lipinski definition) is 2. The van der Waals surface area contributed by atoms with Crippen LogP contribution in [0.3, 0.4) is 0 Å². The van der Waals surface area contributed by atoms with Gasteiger partial charge in [0.2, 0.25) is 0 Å². The molecule has 0 amide bonds. The van der Waals surface area contributed by atoms with Crippen LogP contribution >= 0.6 is 0 Å². The van der Waals surface area contributed by atoms with Gasteiger partial charge in [-0.3, -0.25) is 0 Å². The van der Waals surface area contributed by atoms with Crippen LogP contribution < -0.4 is 10.6 Å². The van der Waals surface area contributed by atoms with Gasteiger partial charge < -0.3 is 15.8 Å². The molecule has 4 heteroatoms. The molecule has 0 aromatic heterocycles. The SMILES string of the molecule is CCC1(CC)CCN(c2ccc(C(N)=NO)cc2)C1. The van der Waals surface area contributed by atoms with Crippen molar-refractivity contribution in [1.82, 2.24) is 0 Å². The molecule has 1 fully saturated rings. The van der Waals surface area contributed by atoms with E-state index in [1.807, 2.05) is 12.1 Å². The summed E-state index contributed by atoms with van der Waals surface area (Å²) in [6, 6.07) is 7.91. The molecule has 0 unspecified atom stereocenters. The molecule has 1 aromatic rings. The minimum atomic E-state index is 0.157. The van der Waals surface area contributed by atoms with Crippen LogP contribution in [0.2, 0.25) is 0 Å². The number of nitrogens with zero attached hydrogens (tertiary/aromatic N) is 2. The van der Waals surface area contributed by atoms with E-state index >= 15 is 0 Å². The first kappa shape index (κ1) is 13.7. The lowest BCUT2D eigenvalue weighted by molar-refractivity contribution is 0.301. The second-order valence-electron chi connectivity index (χ2n) is 5.41. The third-order valence-electron chi connectivity index (χ3n) is 4.57. The molecular formula is C15H23N3O. The van der Waals surface area contributed by atoms with Crippen LogP contribution in [0, 0.1) is 5.41 Å². The standard InChI is InChI=1S/C15H23N3O/c1-3-15(4-2)9-10-18(11-15)13-7-5-12(6-8-13)14(16)17-19/h5-8,19H,3-4,9-11H2,1-2H3,(H2,16,17). The van der Waals surface area contributed by atoms with Gasteiger partial charge in [0.15, 0.2) is 5.84 Å². The van der Waals surface area contributed by atoms with Gasteiger partial charge in [0.1, 0.15) is 0 Å². The van der Waals surface area contributed by atoms with Gasteiger partial charge in [-0.05, 0) is 48.9 Å². The molecule has 0 spiro atoms. The minimum Gasteiger partial charge on any atom is -0.409 e. The molecule has 2 rings (SSSR count). The molecule has 1 aliphatic rings. The fraction of sp³-hybridized carbons (Fsp3) is 0.533. The lowest BCUT2D eigenvalue weighted by Gasteiger charge is -2.27. The van der Waals surface area contributed by atoms with Crippen LogP contribution in [-0.4, -0.2) is 24.1 Å². The normalized spacial score (nSPS) is 18.8. The highest BCUT2D eigenvalue weighted by molar-refractivity contribution is 5.97. The van der Waals surface area contributed by atoms with Crippen molar-refractivity contribution in [3.8, 4) is 0 Å². The monoisotopic (exact) mass is 261 g/mol. The third kappa shape index (κ3) is 2.67. The molecule has 1 saturated heterocycles. The van der Waals surface area contributed by atoms with Gasteiger partial charge in [0.05, 0.1) is 0 Å². The molecule has 0 atom stereocenters. The Morgan fingerprint density at radius 3 is 2.42 bits per heavy atom. The van der Waals surface area contributed by atoms with Crippen LogP contribution in [-0.2, 0) is 0 Å². The number of rotatable bonds is 4. The Balaban J connectivity index is 2.12. The van der Waals surface area contributed by atoms with Gasteiger partial charge in [-0.25, -0.2) is 0 Å². The smallest absolute Gasteiger partial charge is 0.170 e. The van der Waals surface area contributed by atoms with Crippen molar-refractivity contribution >= 4 is 11.5 Å². The first-order chi connectivity index (χ1) is 9.14. The number of nitrogens with two attached hydrogens (primary N) is 1. The van der Waals surface area contributed by atoms with E-state index in [1.165, 1.54) is 24.9 Å². The highest BCUT2D eigenvalue weighted by atomic mass is 16.4. The van der Waals surface area contributed by atoms with E-state index in [1.54, 1.807) is 0 Å². The molecule has 1 heterocycles. The van der Waals surface area contributed by atoms with Crippen LogP contribution in [0.15, 0.2) is 29.4 Å². The summed E-state index contributed by atoms with van der Waals surface area (Å²) in [6.45, 7) is 6.82. The summed E-state index contributed by atoms with van der Waals surface area (Å²) in [6.07, 6.45) is 3.74. The van der Waals surface area contributed by atoms with E-state index < -0.39 is 0 Å². The zero-order chi connectivity index (χ0) is 13.9. The minimum absolute atomic E-state index is 0.157. The van der Waals surface area contributed by atoms with E-state index in [9.17, 15) is 0 Å². The fourth-order valence-corrected chi connectivity index (χ4v) is 2.88. The fourth-order valence-electron chi connectivity index (χ4n) is 2.88. The molecular weight excluding hydrogens is 238 g/mol. The summed E-state index contributed by atoms with van der Waals surface area (Å²) in [5.41, 5.74) is 8.02. The zero-order valence-corrected chi connectivity index (χ0v) is 11.8. The molecule has 0 saturated carbocycles. The van der Waals surface area contributed by atoms with E-state index in [0.29, 0.717) is 5.41 Å². The Morgan fingerprint density at radius 1 is 1.32 bits per heavy atom. The van der Waals surface area contributed by atoms with Gasteiger partial charge in [-0.1, -0.05) is 19.0 Å². The lowest BCUT2D eigenvalue weighted by Crippen LogP contribution is -2.26. The number of oxime groups is 1. The largest absolute Gasteiger partial charge is 0.409 e. The molecule has 0 radical (unpaired) electrons. The summed E-state index contributed by atoms with van der Waals surface area (Å²) >= 11 is 0. The highest BCUT2D eigenvalue weighted by Gasteiger charge is 2.34. The number of benzene rings is 1. The van der Waals surface area contributed by atoms with E-state index in [2.05, 4.69) is 36.0 Å². The predicted octanol–water partition coefficient (Wildman–Crippen LogP) is 2.80. The van der Waals surface area contributed by atoms with Gasteiger partial charge >= 0.3 is 0 Å². The lowest BCUT2D eigenvalue weighted by atomic mass is 9.82. The van der Waals surface area contributed by atoms with Crippen LogP contribution in [0.1, 0.15) is 38.7 Å². The Hall–Kier alpha value is -1.71. The molecule has 1 aliphatic heterocycles. The highest BCUT2D eigenvalue weighted by Crippen LogP contribution is 2.38. The van der Waals surface area contributed by atoms with Crippen LogP contribution in [0.4, 0.5) is 5.69 Å². The van der Waals surface area contributed by atoms with Gasteiger partial charge in [-0.2, -0.15) is 0 Å². The first-order valence-corrected chi connectivity index (χ1v) is 6.97. The van der Waals surface area contributed by atoms with Crippen molar-refractivity contribution in [3.63, 3.8) is 0 Å². The third-order valence-corrected chi connectivity index (χ3v) is 4.57. The summed E-state index contributed by atoms with van der Waals surface area (Å²) in [7, 11) is 0. The Bertz CT molecular complexity index is 449. The second-order valence-corrected chi connectivity index (χ2v) is 5.41. The molecule has 19 heavy (non-hydrogen) atoms. The molecule has 0 bridgehead atoms. The van der Waals surface area contributed by atoms with Crippen molar-refractivity contribution in [2.24, 2.45) is 16.3 Å². The van der Waals surface area contributed by atoms with Crippen molar-refractivity contribution in [2.45, 2.75) is 33.1 Å². The average Bonchev–Trinajstić information content (AvgIpc) is 2.92. The topological polar surface area (TPSA) is 61.8 Å². The van der Waals surface area contributed by atoms with Gasteiger partial charge in [0.25, 0.3) is 0 Å². The van der Waals surface area contributed by atoms with Crippen molar-refractivity contribution in [1.29, 1.82) is 0 Å². The molecule has 104 valence electrons. The van der Waals surface area contributed by atoms with Gasteiger partial charge in [-0.15, -0.1) is 0 Å². The van der Waals surface area contributed by atoms with Crippen LogP contribution in [0.25, 0.3) is 0 Å². The number of anilines is 1. The maximum Gasteiger partial charge on any atom is 0.170 e. The summed E-state index contributed by atoms with van der Waals surface area (Å²) in [5.74, 6) is 0.157. The number of hydrogen-bond acceptors (Lipinski definition) is 3. The summed E-state index contributed by atoms with van der Waals surface area (Å²) < 4.78 is 0. The first-order valence-electron chi connectivity index (χ1n) is 6.97. The number of amidine groups is 1. The maximum atomic E-state index is 8.65. The Morgan fingerprint density at radius 2 is 1.95 bits per heavy atom.